The van der Waals surface area contributed by atoms with Crippen molar-refractivity contribution in [1.29, 1.82) is 0 Å². The average Bonchev–Trinajstić information content (AvgIpc) is 2.86. The first-order chi connectivity index (χ1) is 17.8. The van der Waals surface area contributed by atoms with E-state index in [9.17, 15) is 9.59 Å². The normalized spacial score (nSPS) is 18.2. The van der Waals surface area contributed by atoms with Gasteiger partial charge in [0.15, 0.2) is 8.32 Å². The van der Waals surface area contributed by atoms with E-state index in [1.165, 1.54) is 19.0 Å². The van der Waals surface area contributed by atoms with Crippen LogP contribution in [0.5, 0.6) is 0 Å². The molecule has 1 aliphatic rings. The maximum absolute atomic E-state index is 13.7. The standard InChI is InChI=1S/C28H39Cl2N3O4Si/c1-28(2,3)38(5,6)37-16-15-33(27(35)24-25(29)31-18-32-26(24)30)22-13-11-21(12-14-22)20-9-7-19(8-10-20)17-23(34)36-4/h11-14,18-20H,7-10,15-17H2,1-6H3. The van der Waals surface area contributed by atoms with Crippen LogP contribution < -0.4 is 4.90 Å². The Kier molecular flexibility index (Phi) is 10.4. The van der Waals surface area contributed by atoms with Gasteiger partial charge in [0, 0.05) is 18.7 Å². The van der Waals surface area contributed by atoms with Crippen molar-refractivity contribution in [2.45, 2.75) is 76.9 Å². The minimum atomic E-state index is -2.00. The average molecular weight is 581 g/mol. The van der Waals surface area contributed by atoms with E-state index in [0.717, 1.165) is 31.4 Å². The van der Waals surface area contributed by atoms with Crippen molar-refractivity contribution in [3.05, 3.63) is 52.0 Å². The number of halogens is 2. The highest BCUT2D eigenvalue weighted by atomic mass is 35.5. The number of hydrogen-bond acceptors (Lipinski definition) is 6. The summed E-state index contributed by atoms with van der Waals surface area (Å²) in [6.45, 7) is 11.7. The van der Waals surface area contributed by atoms with Gasteiger partial charge in [0.2, 0.25) is 0 Å². The van der Waals surface area contributed by atoms with Crippen LogP contribution in [0.15, 0.2) is 30.6 Å². The molecule has 0 atom stereocenters. The molecule has 0 N–H and O–H groups in total. The maximum Gasteiger partial charge on any atom is 0.305 e. The first-order valence-corrected chi connectivity index (χ1v) is 16.8. The molecule has 1 aliphatic carbocycles. The van der Waals surface area contributed by atoms with Gasteiger partial charge in [-0.2, -0.15) is 0 Å². The molecule has 0 radical (unpaired) electrons. The number of esters is 1. The van der Waals surface area contributed by atoms with E-state index in [1.807, 2.05) is 12.1 Å². The monoisotopic (exact) mass is 579 g/mol. The number of benzene rings is 1. The molecule has 0 unspecified atom stereocenters. The Hall–Kier alpha value is -2.00. The third kappa shape index (κ3) is 7.55. The van der Waals surface area contributed by atoms with Crippen molar-refractivity contribution in [3.63, 3.8) is 0 Å². The SMILES string of the molecule is COC(=O)CC1CCC(c2ccc(N(CCO[Si](C)(C)C(C)(C)C)C(=O)c3c(Cl)ncnc3Cl)cc2)CC1. The molecule has 2 aromatic rings. The van der Waals surface area contributed by atoms with E-state index in [0.29, 0.717) is 31.4 Å². The fourth-order valence-corrected chi connectivity index (χ4v) is 6.07. The molecule has 38 heavy (non-hydrogen) atoms. The van der Waals surface area contributed by atoms with Gasteiger partial charge >= 0.3 is 5.97 Å². The van der Waals surface area contributed by atoms with Crippen LogP contribution in [0.2, 0.25) is 28.4 Å². The van der Waals surface area contributed by atoms with Gasteiger partial charge in [0.25, 0.3) is 5.91 Å². The topological polar surface area (TPSA) is 81.6 Å². The van der Waals surface area contributed by atoms with Crippen molar-refractivity contribution in [2.24, 2.45) is 5.92 Å². The summed E-state index contributed by atoms with van der Waals surface area (Å²) in [6, 6.07) is 8.10. The summed E-state index contributed by atoms with van der Waals surface area (Å²) in [4.78, 5) is 34.9. The number of aromatic nitrogens is 2. The Labute approximate surface area is 237 Å². The molecule has 1 aromatic heterocycles. The predicted molar refractivity (Wildman–Crippen MR) is 155 cm³/mol. The fourth-order valence-electron chi connectivity index (χ4n) is 4.56. The number of ether oxygens (including phenoxy) is 1. The molecule has 0 saturated heterocycles. The minimum Gasteiger partial charge on any atom is -0.469 e. The van der Waals surface area contributed by atoms with Gasteiger partial charge in [-0.3, -0.25) is 9.59 Å². The lowest BCUT2D eigenvalue weighted by molar-refractivity contribution is -0.142. The van der Waals surface area contributed by atoms with E-state index < -0.39 is 8.32 Å². The van der Waals surface area contributed by atoms with Gasteiger partial charge in [0.05, 0.1) is 13.7 Å². The summed E-state index contributed by atoms with van der Waals surface area (Å²) in [5.74, 6) is 0.310. The molecule has 1 amide bonds. The van der Waals surface area contributed by atoms with E-state index >= 15 is 0 Å². The largest absolute Gasteiger partial charge is 0.469 e. The number of carbonyl (C=O) groups excluding carboxylic acids is 2. The Morgan fingerprint density at radius 3 is 2.13 bits per heavy atom. The van der Waals surface area contributed by atoms with Crippen LogP contribution in [0.3, 0.4) is 0 Å². The Morgan fingerprint density at radius 2 is 1.61 bits per heavy atom. The summed E-state index contributed by atoms with van der Waals surface area (Å²) in [7, 11) is -0.562. The molecule has 7 nitrogen and oxygen atoms in total. The second-order valence-electron chi connectivity index (χ2n) is 11.5. The van der Waals surface area contributed by atoms with E-state index in [-0.39, 0.29) is 32.8 Å². The Bertz CT molecular complexity index is 1090. The molecule has 0 bridgehead atoms. The van der Waals surface area contributed by atoms with Gasteiger partial charge in [-0.15, -0.1) is 0 Å². The van der Waals surface area contributed by atoms with Crippen molar-refractivity contribution in [2.75, 3.05) is 25.2 Å². The number of methoxy groups -OCH3 is 1. The van der Waals surface area contributed by atoms with Crippen molar-refractivity contribution < 1.29 is 18.8 Å². The lowest BCUT2D eigenvalue weighted by atomic mass is 9.77. The highest BCUT2D eigenvalue weighted by Crippen LogP contribution is 2.38. The van der Waals surface area contributed by atoms with Crippen LogP contribution in [0, 0.1) is 5.92 Å². The molecular weight excluding hydrogens is 541 g/mol. The molecule has 208 valence electrons. The zero-order valence-electron chi connectivity index (χ0n) is 23.2. The molecule has 0 spiro atoms. The minimum absolute atomic E-state index is 0.0191. The Morgan fingerprint density at radius 1 is 1.03 bits per heavy atom. The second-order valence-corrected chi connectivity index (χ2v) is 17.0. The first-order valence-electron chi connectivity index (χ1n) is 13.1. The highest BCUT2D eigenvalue weighted by molar-refractivity contribution is 6.74. The predicted octanol–water partition coefficient (Wildman–Crippen LogP) is 7.29. The number of nitrogens with zero attached hydrogens (tertiary/aromatic N) is 3. The maximum atomic E-state index is 13.7. The first kappa shape index (κ1) is 30.5. The quantitative estimate of drug-likeness (QED) is 0.176. The Balaban J connectivity index is 1.78. The summed E-state index contributed by atoms with van der Waals surface area (Å²) >= 11 is 12.5. The van der Waals surface area contributed by atoms with Gasteiger partial charge in [0.1, 0.15) is 22.2 Å². The zero-order valence-corrected chi connectivity index (χ0v) is 25.7. The molecule has 1 aromatic carbocycles. The van der Waals surface area contributed by atoms with Crippen LogP contribution in [0.1, 0.15) is 74.7 Å². The molecule has 3 rings (SSSR count). The number of anilines is 1. The van der Waals surface area contributed by atoms with Crippen LogP contribution in [0.25, 0.3) is 0 Å². The van der Waals surface area contributed by atoms with Gasteiger partial charge in [-0.1, -0.05) is 56.1 Å². The lowest BCUT2D eigenvalue weighted by Crippen LogP contribution is -2.43. The summed E-state index contributed by atoms with van der Waals surface area (Å²) in [5, 5.41) is 0.0930. The number of carbonyl (C=O) groups is 2. The highest BCUT2D eigenvalue weighted by Gasteiger charge is 2.37. The molecule has 1 heterocycles. The van der Waals surface area contributed by atoms with Gasteiger partial charge < -0.3 is 14.1 Å². The van der Waals surface area contributed by atoms with E-state index in [2.05, 4.69) is 56.0 Å². The second kappa shape index (κ2) is 12.9. The number of hydrogen-bond donors (Lipinski definition) is 0. The third-order valence-corrected chi connectivity index (χ3v) is 13.1. The molecule has 1 saturated carbocycles. The van der Waals surface area contributed by atoms with Crippen molar-refractivity contribution in [1.82, 2.24) is 9.97 Å². The van der Waals surface area contributed by atoms with E-state index in [1.54, 1.807) is 4.90 Å². The molecule has 0 aliphatic heterocycles. The summed E-state index contributed by atoms with van der Waals surface area (Å²) in [5.41, 5.74) is 2.04. The van der Waals surface area contributed by atoms with Gasteiger partial charge in [-0.25, -0.2) is 9.97 Å². The zero-order chi connectivity index (χ0) is 28.1. The lowest BCUT2D eigenvalue weighted by Gasteiger charge is -2.37. The summed E-state index contributed by atoms with van der Waals surface area (Å²) < 4.78 is 11.2. The summed E-state index contributed by atoms with van der Waals surface area (Å²) in [6.07, 6.45) is 5.78. The smallest absolute Gasteiger partial charge is 0.305 e. The molecule has 10 heteroatoms. The third-order valence-electron chi connectivity index (χ3n) is 8.00. The van der Waals surface area contributed by atoms with Crippen molar-refractivity contribution >= 4 is 49.1 Å². The van der Waals surface area contributed by atoms with Crippen LogP contribution >= 0.6 is 23.2 Å². The van der Waals surface area contributed by atoms with Gasteiger partial charge in [-0.05, 0) is 73.3 Å². The molecule has 1 fully saturated rings. The van der Waals surface area contributed by atoms with E-state index in [4.69, 9.17) is 32.4 Å². The number of amides is 1. The fraction of sp³-hybridized carbons (Fsp3) is 0.571. The van der Waals surface area contributed by atoms with Crippen LogP contribution in [-0.2, 0) is 14.0 Å². The van der Waals surface area contributed by atoms with Crippen LogP contribution in [0.4, 0.5) is 5.69 Å². The van der Waals surface area contributed by atoms with Crippen molar-refractivity contribution in [3.8, 4) is 0 Å². The van der Waals surface area contributed by atoms with Crippen LogP contribution in [-0.4, -0.2) is 50.4 Å². The molecular formula is C28H39Cl2N3O4Si. The number of rotatable bonds is 9.